The van der Waals surface area contributed by atoms with Crippen molar-refractivity contribution in [3.63, 3.8) is 0 Å². The van der Waals surface area contributed by atoms with Crippen LogP contribution in [-0.4, -0.2) is 56.9 Å². The fourth-order valence-electron chi connectivity index (χ4n) is 6.10. The molecule has 2 bridgehead atoms. The van der Waals surface area contributed by atoms with Crippen LogP contribution in [0.5, 0.6) is 0 Å². The van der Waals surface area contributed by atoms with Gasteiger partial charge in [-0.25, -0.2) is 0 Å². The Morgan fingerprint density at radius 2 is 1.76 bits per heavy atom. The number of β-amino-alcohol motifs (C(OH)–C–C–N with tert-alkyl or cyclic N) is 1. The van der Waals surface area contributed by atoms with Crippen LogP contribution in [-0.2, 0) is 20.9 Å². The molecule has 3 aliphatic heterocycles. The second-order valence-corrected chi connectivity index (χ2v) is 10.9. The summed E-state index contributed by atoms with van der Waals surface area (Å²) < 4.78 is -0.684. The minimum Gasteiger partial charge on any atom is -0.395 e. The molecule has 3 unspecified atom stereocenters. The van der Waals surface area contributed by atoms with Crippen LogP contribution in [0.3, 0.4) is 0 Å². The molecule has 34 heavy (non-hydrogen) atoms. The lowest BCUT2D eigenvalue weighted by molar-refractivity contribution is -0.139. The number of amides is 3. The number of thioether (sulfide) groups is 1. The molecule has 178 valence electrons. The molecule has 0 aliphatic carbocycles. The molecule has 3 amide bonds. The van der Waals surface area contributed by atoms with Crippen LogP contribution < -0.4 is 10.6 Å². The van der Waals surface area contributed by atoms with E-state index in [0.717, 1.165) is 12.0 Å². The summed E-state index contributed by atoms with van der Waals surface area (Å²) in [6.45, 7) is 2.28. The summed E-state index contributed by atoms with van der Waals surface area (Å²) in [6.07, 6.45) is 0.775. The molecule has 3 heterocycles. The first-order valence-corrected chi connectivity index (χ1v) is 12.6. The highest BCUT2D eigenvalue weighted by molar-refractivity contribution is 8.02. The van der Waals surface area contributed by atoms with Crippen molar-refractivity contribution in [2.45, 2.75) is 35.9 Å². The van der Waals surface area contributed by atoms with Crippen molar-refractivity contribution in [1.29, 1.82) is 0 Å². The number of aliphatic hydroxyl groups is 1. The van der Waals surface area contributed by atoms with E-state index >= 15 is 0 Å². The number of rotatable bonds is 7. The summed E-state index contributed by atoms with van der Waals surface area (Å²) in [6, 6.07) is 18.1. The smallest absolute Gasteiger partial charge is 0.244 e. The number of hydrogen-bond acceptors (Lipinski definition) is 5. The van der Waals surface area contributed by atoms with Crippen molar-refractivity contribution in [3.05, 3.63) is 66.2 Å². The summed E-state index contributed by atoms with van der Waals surface area (Å²) >= 11 is 1.63. The third-order valence-electron chi connectivity index (χ3n) is 7.49. The van der Waals surface area contributed by atoms with Gasteiger partial charge in [0.25, 0.3) is 0 Å². The van der Waals surface area contributed by atoms with Gasteiger partial charge in [-0.05, 0) is 30.0 Å². The zero-order valence-corrected chi connectivity index (χ0v) is 19.8. The van der Waals surface area contributed by atoms with E-state index in [1.807, 2.05) is 60.7 Å². The molecule has 5 rings (SSSR count). The SMILES string of the molecule is CC1C[C@@H]2SC13C(C(=O)NCc1ccccc1)N(CCO)C(=O)[C@@H]3[C@@H]2C(=O)Nc1ccccc1. The molecule has 0 radical (unpaired) electrons. The lowest BCUT2D eigenvalue weighted by Gasteiger charge is -2.38. The molecule has 1 spiro atoms. The maximum atomic E-state index is 13.7. The minimum atomic E-state index is -0.722. The standard InChI is InChI=1S/C26H29N3O4S/c1-16-14-19-20(23(31)28-18-10-6-3-7-11-18)21-25(33)29(12-13-30)22(26(16,21)34-19)24(32)27-15-17-8-4-2-5-9-17/h2-11,16,19-22,30H,12-15H2,1H3,(H,27,32)(H,28,31)/t16?,19-,20+,21-,22?,26?/m0/s1. The predicted octanol–water partition coefficient (Wildman–Crippen LogP) is 2.27. The fraction of sp³-hybridized carbons (Fsp3) is 0.423. The Labute approximate surface area is 203 Å². The predicted molar refractivity (Wildman–Crippen MR) is 131 cm³/mol. The highest BCUT2D eigenvalue weighted by Gasteiger charge is 2.75. The normalized spacial score (nSPS) is 31.4. The lowest BCUT2D eigenvalue weighted by atomic mass is 9.66. The molecular weight excluding hydrogens is 450 g/mol. The highest BCUT2D eigenvalue weighted by atomic mass is 32.2. The van der Waals surface area contributed by atoms with Gasteiger partial charge in [0.1, 0.15) is 6.04 Å². The third-order valence-corrected chi connectivity index (χ3v) is 9.56. The number of aliphatic hydroxyl groups excluding tert-OH is 1. The van der Waals surface area contributed by atoms with Crippen molar-refractivity contribution in [2.24, 2.45) is 17.8 Å². The second-order valence-electron chi connectivity index (χ2n) is 9.37. The number of fused-ring (bicyclic) bond motifs is 1. The zero-order valence-electron chi connectivity index (χ0n) is 19.0. The van der Waals surface area contributed by atoms with E-state index in [1.54, 1.807) is 11.8 Å². The minimum absolute atomic E-state index is 0.0200. The number of para-hydroxylation sites is 1. The van der Waals surface area contributed by atoms with Crippen LogP contribution in [0, 0.1) is 17.8 Å². The number of hydrogen-bond donors (Lipinski definition) is 3. The second kappa shape index (κ2) is 9.07. The van der Waals surface area contributed by atoms with Gasteiger partial charge in [0.2, 0.25) is 17.7 Å². The topological polar surface area (TPSA) is 98.7 Å². The van der Waals surface area contributed by atoms with Crippen LogP contribution >= 0.6 is 11.8 Å². The van der Waals surface area contributed by atoms with Gasteiger partial charge in [0.15, 0.2) is 0 Å². The van der Waals surface area contributed by atoms with Crippen LogP contribution in [0.15, 0.2) is 60.7 Å². The first kappa shape index (κ1) is 22.9. The molecule has 2 aromatic carbocycles. The number of carbonyl (C=O) groups excluding carboxylic acids is 3. The summed E-state index contributed by atoms with van der Waals surface area (Å²) in [5.74, 6) is -1.62. The van der Waals surface area contributed by atoms with E-state index < -0.39 is 22.6 Å². The maximum Gasteiger partial charge on any atom is 0.244 e. The zero-order chi connectivity index (χ0) is 23.9. The number of likely N-dealkylation sites (tertiary alicyclic amines) is 1. The Kier molecular flexibility index (Phi) is 6.12. The van der Waals surface area contributed by atoms with Crippen molar-refractivity contribution >= 4 is 35.2 Å². The van der Waals surface area contributed by atoms with E-state index in [-0.39, 0.29) is 42.0 Å². The molecule has 0 aromatic heterocycles. The molecular formula is C26H29N3O4S. The molecule has 0 saturated carbocycles. The van der Waals surface area contributed by atoms with Crippen molar-refractivity contribution < 1.29 is 19.5 Å². The quantitative estimate of drug-likeness (QED) is 0.566. The van der Waals surface area contributed by atoms with Crippen molar-refractivity contribution in [2.75, 3.05) is 18.5 Å². The van der Waals surface area contributed by atoms with E-state index in [2.05, 4.69) is 17.6 Å². The molecule has 6 atom stereocenters. The molecule has 8 heteroatoms. The van der Waals surface area contributed by atoms with E-state index in [0.29, 0.717) is 12.2 Å². The van der Waals surface area contributed by atoms with Crippen molar-refractivity contribution in [1.82, 2.24) is 10.2 Å². The van der Waals surface area contributed by atoms with Crippen LogP contribution in [0.4, 0.5) is 5.69 Å². The first-order valence-electron chi connectivity index (χ1n) is 11.7. The van der Waals surface area contributed by atoms with E-state index in [1.165, 1.54) is 4.90 Å². The Morgan fingerprint density at radius 3 is 2.44 bits per heavy atom. The Morgan fingerprint density at radius 1 is 1.09 bits per heavy atom. The van der Waals surface area contributed by atoms with Gasteiger partial charge in [0, 0.05) is 24.0 Å². The molecule has 3 saturated heterocycles. The van der Waals surface area contributed by atoms with E-state index in [9.17, 15) is 19.5 Å². The van der Waals surface area contributed by atoms with Gasteiger partial charge < -0.3 is 20.6 Å². The first-order chi connectivity index (χ1) is 16.5. The number of carbonyl (C=O) groups is 3. The van der Waals surface area contributed by atoms with Gasteiger partial charge in [-0.1, -0.05) is 55.5 Å². The third kappa shape index (κ3) is 3.60. The highest BCUT2D eigenvalue weighted by Crippen LogP contribution is 2.68. The van der Waals surface area contributed by atoms with Crippen LogP contribution in [0.2, 0.25) is 0 Å². The number of nitrogens with zero attached hydrogens (tertiary/aromatic N) is 1. The fourth-order valence-corrected chi connectivity index (χ4v) is 8.52. The summed E-state index contributed by atoms with van der Waals surface area (Å²) in [7, 11) is 0. The van der Waals surface area contributed by atoms with Gasteiger partial charge in [-0.15, -0.1) is 11.8 Å². The number of nitrogens with one attached hydrogen (secondary N) is 2. The van der Waals surface area contributed by atoms with Gasteiger partial charge in [-0.3, -0.25) is 14.4 Å². The average Bonchev–Trinajstić information content (AvgIpc) is 3.43. The van der Waals surface area contributed by atoms with E-state index in [4.69, 9.17) is 0 Å². The summed E-state index contributed by atoms with van der Waals surface area (Å²) in [5, 5.41) is 15.7. The summed E-state index contributed by atoms with van der Waals surface area (Å²) in [4.78, 5) is 42.2. The average molecular weight is 480 g/mol. The van der Waals surface area contributed by atoms with Crippen LogP contribution in [0.1, 0.15) is 18.9 Å². The number of benzene rings is 2. The number of anilines is 1. The van der Waals surface area contributed by atoms with Gasteiger partial charge in [-0.2, -0.15) is 0 Å². The molecule has 3 aliphatic rings. The largest absolute Gasteiger partial charge is 0.395 e. The Bertz CT molecular complexity index is 1080. The Hall–Kier alpha value is -2.84. The van der Waals surface area contributed by atoms with Crippen LogP contribution in [0.25, 0.3) is 0 Å². The maximum absolute atomic E-state index is 13.7. The lowest BCUT2D eigenvalue weighted by Crippen LogP contribution is -2.56. The monoisotopic (exact) mass is 479 g/mol. The van der Waals surface area contributed by atoms with Gasteiger partial charge >= 0.3 is 0 Å². The molecule has 2 aromatic rings. The summed E-state index contributed by atoms with van der Waals surface area (Å²) in [5.41, 5.74) is 1.66. The van der Waals surface area contributed by atoms with Gasteiger partial charge in [0.05, 0.1) is 23.2 Å². The van der Waals surface area contributed by atoms with Crippen molar-refractivity contribution in [3.8, 4) is 0 Å². The Balaban J connectivity index is 1.44. The molecule has 7 nitrogen and oxygen atoms in total. The molecule has 3 fully saturated rings. The molecule has 3 N–H and O–H groups in total.